The van der Waals surface area contributed by atoms with Gasteiger partial charge in [0.05, 0.1) is 31.7 Å². The summed E-state index contributed by atoms with van der Waals surface area (Å²) >= 11 is 0. The number of hydrogen-bond donors (Lipinski definition) is 2. The van der Waals surface area contributed by atoms with Crippen molar-refractivity contribution in [1.29, 1.82) is 0 Å². The molecule has 0 atom stereocenters. The molecule has 0 aliphatic carbocycles. The van der Waals surface area contributed by atoms with Gasteiger partial charge in [0, 0.05) is 17.6 Å². The summed E-state index contributed by atoms with van der Waals surface area (Å²) < 4.78 is 37.8. The van der Waals surface area contributed by atoms with Crippen molar-refractivity contribution in [3.8, 4) is 0 Å². The summed E-state index contributed by atoms with van der Waals surface area (Å²) in [6, 6.07) is 1.82. The number of benzene rings is 1. The highest BCUT2D eigenvalue weighted by atomic mass is 31.2. The van der Waals surface area contributed by atoms with Crippen LogP contribution in [0.1, 0.15) is 30.5 Å². The van der Waals surface area contributed by atoms with E-state index in [2.05, 4.69) is 0 Å². The molecule has 0 spiro atoms. The first-order chi connectivity index (χ1) is 11.7. The highest BCUT2D eigenvalue weighted by molar-refractivity contribution is 7.72. The molecular formula is C17H30O6P2. The SMILES string of the molecule is CCOP(=O)(OCC)c1c(C)cc(C)c(P(=O)(CCO)CCO)c1C. The van der Waals surface area contributed by atoms with Crippen LogP contribution < -0.4 is 10.6 Å². The van der Waals surface area contributed by atoms with Crippen LogP contribution in [-0.4, -0.2) is 49.0 Å². The van der Waals surface area contributed by atoms with Crippen molar-refractivity contribution < 1.29 is 28.4 Å². The monoisotopic (exact) mass is 392 g/mol. The third-order valence-electron chi connectivity index (χ3n) is 4.09. The fraction of sp³-hybridized carbons (Fsp3) is 0.647. The summed E-state index contributed by atoms with van der Waals surface area (Å²) in [7, 11) is -6.58. The molecule has 0 aliphatic heterocycles. The third kappa shape index (κ3) is 4.82. The van der Waals surface area contributed by atoms with Crippen LogP contribution >= 0.6 is 14.7 Å². The molecule has 0 saturated heterocycles. The summed E-state index contributed by atoms with van der Waals surface area (Å²) in [5.74, 6) is 0. The van der Waals surface area contributed by atoms with Crippen molar-refractivity contribution in [3.63, 3.8) is 0 Å². The van der Waals surface area contributed by atoms with Gasteiger partial charge in [0.2, 0.25) is 0 Å². The average molecular weight is 392 g/mol. The number of aliphatic hydroxyl groups excluding tert-OH is 2. The normalized spacial score (nSPS) is 12.6. The molecule has 8 heteroatoms. The number of aliphatic hydroxyl groups is 2. The molecule has 0 fully saturated rings. The van der Waals surface area contributed by atoms with Crippen LogP contribution in [0.4, 0.5) is 0 Å². The van der Waals surface area contributed by atoms with Gasteiger partial charge in [0.25, 0.3) is 0 Å². The van der Waals surface area contributed by atoms with Crippen molar-refractivity contribution in [2.45, 2.75) is 34.6 Å². The van der Waals surface area contributed by atoms with E-state index in [0.717, 1.165) is 11.1 Å². The number of aryl methyl sites for hydroxylation is 2. The number of rotatable bonds is 10. The first-order valence-corrected chi connectivity index (χ1v) is 12.1. The van der Waals surface area contributed by atoms with Gasteiger partial charge in [-0.3, -0.25) is 4.57 Å². The van der Waals surface area contributed by atoms with Crippen molar-refractivity contribution in [2.75, 3.05) is 38.8 Å². The molecule has 0 radical (unpaired) electrons. The van der Waals surface area contributed by atoms with Gasteiger partial charge in [-0.1, -0.05) is 6.07 Å². The van der Waals surface area contributed by atoms with Gasteiger partial charge in [-0.25, -0.2) is 0 Å². The Hall–Kier alpha value is -0.480. The summed E-state index contributed by atoms with van der Waals surface area (Å²) in [5.41, 5.74) is 2.15. The Labute approximate surface area is 150 Å². The van der Waals surface area contributed by atoms with Gasteiger partial charge in [0.1, 0.15) is 7.14 Å². The van der Waals surface area contributed by atoms with Crippen LogP contribution in [0.25, 0.3) is 0 Å². The minimum Gasteiger partial charge on any atom is -0.396 e. The average Bonchev–Trinajstić information content (AvgIpc) is 2.47. The van der Waals surface area contributed by atoms with E-state index in [1.54, 1.807) is 20.8 Å². The molecule has 0 aliphatic rings. The molecule has 1 aromatic rings. The van der Waals surface area contributed by atoms with Gasteiger partial charge in [-0.05, 0) is 51.3 Å². The third-order valence-corrected chi connectivity index (χ3v) is 9.87. The largest absolute Gasteiger partial charge is 0.396 e. The summed E-state index contributed by atoms with van der Waals surface area (Å²) in [6.07, 6.45) is 0.149. The Bertz CT molecular complexity index is 612. The molecule has 0 bridgehead atoms. The van der Waals surface area contributed by atoms with E-state index in [9.17, 15) is 19.3 Å². The van der Waals surface area contributed by atoms with Crippen molar-refractivity contribution in [3.05, 3.63) is 22.8 Å². The number of hydrogen-bond acceptors (Lipinski definition) is 6. The van der Waals surface area contributed by atoms with Crippen molar-refractivity contribution in [2.24, 2.45) is 0 Å². The van der Waals surface area contributed by atoms with Gasteiger partial charge in [0.15, 0.2) is 0 Å². The topological polar surface area (TPSA) is 93.1 Å². The highest BCUT2D eigenvalue weighted by Gasteiger charge is 2.36. The molecule has 25 heavy (non-hydrogen) atoms. The van der Waals surface area contributed by atoms with Crippen LogP contribution in [0.5, 0.6) is 0 Å². The second kappa shape index (κ2) is 9.45. The summed E-state index contributed by atoms with van der Waals surface area (Å²) in [4.78, 5) is 0. The molecule has 2 N–H and O–H groups in total. The van der Waals surface area contributed by atoms with Gasteiger partial charge in [-0.2, -0.15) is 0 Å². The van der Waals surface area contributed by atoms with E-state index in [1.165, 1.54) is 0 Å². The van der Waals surface area contributed by atoms with E-state index < -0.39 is 14.7 Å². The highest BCUT2D eigenvalue weighted by Crippen LogP contribution is 2.51. The second-order valence-electron chi connectivity index (χ2n) is 5.95. The lowest BCUT2D eigenvalue weighted by Crippen LogP contribution is -2.29. The quantitative estimate of drug-likeness (QED) is 0.595. The smallest absolute Gasteiger partial charge is 0.361 e. The molecule has 144 valence electrons. The Kier molecular flexibility index (Phi) is 8.53. The fourth-order valence-electron chi connectivity index (χ4n) is 3.38. The molecule has 6 nitrogen and oxygen atoms in total. The van der Waals surface area contributed by atoms with Crippen molar-refractivity contribution in [1.82, 2.24) is 0 Å². The lowest BCUT2D eigenvalue weighted by molar-refractivity contribution is 0.229. The maximum absolute atomic E-state index is 13.5. The van der Waals surface area contributed by atoms with Crippen LogP contribution in [0, 0.1) is 20.8 Å². The first-order valence-electron chi connectivity index (χ1n) is 8.51. The van der Waals surface area contributed by atoms with Crippen LogP contribution in [0.3, 0.4) is 0 Å². The van der Waals surface area contributed by atoms with E-state index >= 15 is 0 Å². The van der Waals surface area contributed by atoms with Crippen LogP contribution in [0.15, 0.2) is 6.07 Å². The summed E-state index contributed by atoms with van der Waals surface area (Å²) in [5, 5.41) is 19.7. The van der Waals surface area contributed by atoms with Crippen molar-refractivity contribution >= 4 is 25.3 Å². The van der Waals surface area contributed by atoms with Crippen LogP contribution in [0.2, 0.25) is 0 Å². The van der Waals surface area contributed by atoms with Gasteiger partial charge < -0.3 is 23.8 Å². The Morgan fingerprint density at radius 1 is 0.880 bits per heavy atom. The fourth-order valence-corrected chi connectivity index (χ4v) is 8.25. The Balaban J connectivity index is 3.74. The lowest BCUT2D eigenvalue weighted by atomic mass is 10.1. The van der Waals surface area contributed by atoms with E-state index in [4.69, 9.17) is 9.05 Å². The Morgan fingerprint density at radius 3 is 1.72 bits per heavy atom. The van der Waals surface area contributed by atoms with Gasteiger partial charge in [-0.15, -0.1) is 0 Å². The van der Waals surface area contributed by atoms with E-state index in [1.807, 2.05) is 19.9 Å². The zero-order valence-corrected chi connectivity index (χ0v) is 17.5. The molecule has 1 aromatic carbocycles. The second-order valence-corrected chi connectivity index (χ2v) is 11.0. The molecule has 0 heterocycles. The zero-order chi connectivity index (χ0) is 19.3. The predicted molar refractivity (Wildman–Crippen MR) is 102 cm³/mol. The zero-order valence-electron chi connectivity index (χ0n) is 15.7. The molecule has 0 amide bonds. The molecule has 1 rings (SSSR count). The molecule has 0 aromatic heterocycles. The Morgan fingerprint density at radius 2 is 1.32 bits per heavy atom. The van der Waals surface area contributed by atoms with E-state index in [0.29, 0.717) is 16.2 Å². The maximum Gasteiger partial charge on any atom is 0.361 e. The maximum atomic E-state index is 13.5. The summed E-state index contributed by atoms with van der Waals surface area (Å²) in [6.45, 7) is 8.88. The lowest BCUT2D eigenvalue weighted by Gasteiger charge is -2.27. The minimum atomic E-state index is -3.55. The predicted octanol–water partition coefficient (Wildman–Crippen LogP) is 2.48. The first kappa shape index (κ1) is 22.6. The van der Waals surface area contributed by atoms with E-state index in [-0.39, 0.29) is 38.8 Å². The molecule has 0 unspecified atom stereocenters. The van der Waals surface area contributed by atoms with Crippen LogP contribution in [-0.2, 0) is 18.2 Å². The van der Waals surface area contributed by atoms with Gasteiger partial charge >= 0.3 is 7.60 Å². The minimum absolute atomic E-state index is 0.0747. The molecular weight excluding hydrogens is 362 g/mol. The standard InChI is InChI=1S/C17H30O6P2/c1-6-22-25(21,23-7-2)17-14(4)12-13(3)16(15(17)5)24(20,10-8-18)11-9-19/h12,18-19H,6-11H2,1-5H3. The molecule has 0 saturated carbocycles.